The average molecular weight is 360 g/mol. The molecule has 1 unspecified atom stereocenters. The van der Waals surface area contributed by atoms with Crippen molar-refractivity contribution in [3.8, 4) is 5.69 Å². The van der Waals surface area contributed by atoms with Gasteiger partial charge in [-0.2, -0.15) is 5.10 Å². The van der Waals surface area contributed by atoms with E-state index in [9.17, 15) is 0 Å². The molecule has 4 aromatic rings. The van der Waals surface area contributed by atoms with Crippen LogP contribution in [0.1, 0.15) is 29.5 Å². The van der Waals surface area contributed by atoms with Gasteiger partial charge in [0.25, 0.3) is 0 Å². The largest absolute Gasteiger partial charge is 0.290 e. The number of benzene rings is 2. The molecule has 26 heavy (non-hydrogen) atoms. The van der Waals surface area contributed by atoms with E-state index in [1.54, 1.807) is 6.20 Å². The monoisotopic (exact) mass is 360 g/mol. The Morgan fingerprint density at radius 2 is 1.92 bits per heavy atom. The zero-order valence-corrected chi connectivity index (χ0v) is 15.3. The van der Waals surface area contributed by atoms with Crippen LogP contribution in [0.3, 0.4) is 0 Å². The third-order valence-electron chi connectivity index (χ3n) is 5.05. The SMILES string of the molecule is c1ccc2sc(C3CCCN3Cc3ccc(-n4cccn4)cc3)nc2c1. The van der Waals surface area contributed by atoms with Crippen molar-refractivity contribution in [2.75, 3.05) is 6.54 Å². The van der Waals surface area contributed by atoms with Gasteiger partial charge in [0.2, 0.25) is 0 Å². The lowest BCUT2D eigenvalue weighted by Crippen LogP contribution is -2.22. The lowest BCUT2D eigenvalue weighted by atomic mass is 10.1. The zero-order chi connectivity index (χ0) is 17.3. The maximum absolute atomic E-state index is 4.90. The molecule has 0 radical (unpaired) electrons. The molecule has 5 heteroatoms. The quantitative estimate of drug-likeness (QED) is 0.523. The van der Waals surface area contributed by atoms with E-state index >= 15 is 0 Å². The van der Waals surface area contributed by atoms with Gasteiger partial charge in [-0.3, -0.25) is 4.90 Å². The van der Waals surface area contributed by atoms with E-state index < -0.39 is 0 Å². The Kier molecular flexibility index (Phi) is 4.03. The van der Waals surface area contributed by atoms with Gasteiger partial charge in [-0.15, -0.1) is 11.3 Å². The van der Waals surface area contributed by atoms with Crippen LogP contribution in [0.4, 0.5) is 0 Å². The maximum atomic E-state index is 4.90. The van der Waals surface area contributed by atoms with Crippen LogP contribution < -0.4 is 0 Å². The van der Waals surface area contributed by atoms with E-state index in [1.165, 1.54) is 28.1 Å². The van der Waals surface area contributed by atoms with Gasteiger partial charge in [-0.25, -0.2) is 9.67 Å². The standard InChI is InChI=1S/C21H20N4S/c1-2-7-20-18(5-1)23-21(26-20)19-6-3-13-24(19)15-16-8-10-17(11-9-16)25-14-4-12-22-25/h1-2,4-5,7-12,14,19H,3,6,13,15H2. The van der Waals surface area contributed by atoms with Crippen molar-refractivity contribution in [2.24, 2.45) is 0 Å². The van der Waals surface area contributed by atoms with E-state index in [0.29, 0.717) is 6.04 Å². The van der Waals surface area contributed by atoms with Crippen LogP contribution in [-0.2, 0) is 6.54 Å². The summed E-state index contributed by atoms with van der Waals surface area (Å²) in [6, 6.07) is 19.6. The van der Waals surface area contributed by atoms with Crippen molar-refractivity contribution in [3.63, 3.8) is 0 Å². The molecule has 2 aromatic heterocycles. The molecule has 0 N–H and O–H groups in total. The van der Waals surface area contributed by atoms with Crippen LogP contribution >= 0.6 is 11.3 Å². The lowest BCUT2D eigenvalue weighted by molar-refractivity contribution is 0.248. The van der Waals surface area contributed by atoms with Crippen molar-refractivity contribution in [2.45, 2.75) is 25.4 Å². The first-order valence-electron chi connectivity index (χ1n) is 9.05. The molecule has 3 heterocycles. The molecule has 1 atom stereocenters. The smallest absolute Gasteiger partial charge is 0.111 e. The molecular weight excluding hydrogens is 340 g/mol. The van der Waals surface area contributed by atoms with Crippen molar-refractivity contribution >= 4 is 21.6 Å². The number of rotatable bonds is 4. The lowest BCUT2D eigenvalue weighted by Gasteiger charge is -2.22. The van der Waals surface area contributed by atoms with Crippen LogP contribution in [0, 0.1) is 0 Å². The minimum absolute atomic E-state index is 0.443. The Bertz CT molecular complexity index is 971. The molecule has 130 valence electrons. The Morgan fingerprint density at radius 3 is 2.73 bits per heavy atom. The van der Waals surface area contributed by atoms with Crippen LogP contribution in [0.5, 0.6) is 0 Å². The second-order valence-electron chi connectivity index (χ2n) is 6.77. The molecule has 0 aliphatic carbocycles. The van der Waals surface area contributed by atoms with Crippen LogP contribution in [0.25, 0.3) is 15.9 Å². The summed E-state index contributed by atoms with van der Waals surface area (Å²) in [4.78, 5) is 7.47. The molecule has 2 aromatic carbocycles. The molecule has 0 amide bonds. The first-order chi connectivity index (χ1) is 12.9. The van der Waals surface area contributed by atoms with Gasteiger partial charge in [0, 0.05) is 18.9 Å². The van der Waals surface area contributed by atoms with E-state index in [1.807, 2.05) is 28.3 Å². The number of likely N-dealkylation sites (tertiary alicyclic amines) is 1. The molecule has 5 rings (SSSR count). The van der Waals surface area contributed by atoms with E-state index in [4.69, 9.17) is 4.98 Å². The Balaban J connectivity index is 1.36. The van der Waals surface area contributed by atoms with Crippen LogP contribution in [0.2, 0.25) is 0 Å². The van der Waals surface area contributed by atoms with Crippen LogP contribution in [0.15, 0.2) is 67.0 Å². The van der Waals surface area contributed by atoms with E-state index in [-0.39, 0.29) is 0 Å². The summed E-state index contributed by atoms with van der Waals surface area (Å²) in [6.07, 6.45) is 6.22. The van der Waals surface area contributed by atoms with Crippen molar-refractivity contribution in [1.82, 2.24) is 19.7 Å². The molecule has 0 spiro atoms. The average Bonchev–Trinajstić information content (AvgIpc) is 3.42. The van der Waals surface area contributed by atoms with Crippen molar-refractivity contribution in [3.05, 3.63) is 77.6 Å². The highest BCUT2D eigenvalue weighted by Crippen LogP contribution is 2.37. The summed E-state index contributed by atoms with van der Waals surface area (Å²) in [7, 11) is 0. The summed E-state index contributed by atoms with van der Waals surface area (Å²) < 4.78 is 3.18. The first-order valence-corrected chi connectivity index (χ1v) is 9.87. The normalized spacial score (nSPS) is 17.9. The molecule has 1 aliphatic rings. The first kappa shape index (κ1) is 15.7. The summed E-state index contributed by atoms with van der Waals surface area (Å²) in [5.74, 6) is 0. The van der Waals surface area contributed by atoms with E-state index in [2.05, 4.69) is 58.5 Å². The third kappa shape index (κ3) is 2.93. The number of fused-ring (bicyclic) bond motifs is 1. The second kappa shape index (κ2) is 6.67. The number of hydrogen-bond acceptors (Lipinski definition) is 4. The van der Waals surface area contributed by atoms with E-state index in [0.717, 1.165) is 24.3 Å². The van der Waals surface area contributed by atoms with Gasteiger partial charge in [0.15, 0.2) is 0 Å². The Labute approximate surface area is 156 Å². The van der Waals surface area contributed by atoms with Gasteiger partial charge in [-0.05, 0) is 55.3 Å². The fourth-order valence-corrected chi connectivity index (χ4v) is 4.87. The summed E-state index contributed by atoms with van der Waals surface area (Å²) >= 11 is 1.85. The van der Waals surface area contributed by atoms with Gasteiger partial charge >= 0.3 is 0 Å². The Hall–Kier alpha value is -2.50. The molecule has 4 nitrogen and oxygen atoms in total. The summed E-state index contributed by atoms with van der Waals surface area (Å²) in [5.41, 5.74) is 3.57. The molecular formula is C21H20N4S. The van der Waals surface area contributed by atoms with Crippen molar-refractivity contribution in [1.29, 1.82) is 0 Å². The molecule has 1 saturated heterocycles. The number of thiazole rings is 1. The molecule has 1 aliphatic heterocycles. The van der Waals surface area contributed by atoms with Crippen LogP contribution in [-0.4, -0.2) is 26.2 Å². The van der Waals surface area contributed by atoms with Gasteiger partial charge in [-0.1, -0.05) is 24.3 Å². The number of nitrogens with zero attached hydrogens (tertiary/aromatic N) is 4. The van der Waals surface area contributed by atoms with Gasteiger partial charge < -0.3 is 0 Å². The Morgan fingerprint density at radius 1 is 1.04 bits per heavy atom. The summed E-state index contributed by atoms with van der Waals surface area (Å²) in [6.45, 7) is 2.11. The van der Waals surface area contributed by atoms with Gasteiger partial charge in [0.1, 0.15) is 5.01 Å². The van der Waals surface area contributed by atoms with Gasteiger partial charge in [0.05, 0.1) is 21.9 Å². The molecule has 1 fully saturated rings. The molecule has 0 saturated carbocycles. The minimum Gasteiger partial charge on any atom is -0.290 e. The predicted octanol–water partition coefficient (Wildman–Crippen LogP) is 4.82. The summed E-state index contributed by atoms with van der Waals surface area (Å²) in [5, 5.41) is 5.55. The highest BCUT2D eigenvalue weighted by molar-refractivity contribution is 7.18. The number of aromatic nitrogens is 3. The number of para-hydroxylation sites is 1. The molecule has 0 bridgehead atoms. The topological polar surface area (TPSA) is 34.0 Å². The maximum Gasteiger partial charge on any atom is 0.111 e. The second-order valence-corrected chi connectivity index (χ2v) is 7.83. The van der Waals surface area contributed by atoms with Crippen molar-refractivity contribution < 1.29 is 0 Å². The third-order valence-corrected chi connectivity index (χ3v) is 6.19. The zero-order valence-electron chi connectivity index (χ0n) is 14.5. The fourth-order valence-electron chi connectivity index (χ4n) is 3.74. The predicted molar refractivity (Wildman–Crippen MR) is 106 cm³/mol. The fraction of sp³-hybridized carbons (Fsp3) is 0.238. The number of hydrogen-bond donors (Lipinski definition) is 0. The highest BCUT2D eigenvalue weighted by atomic mass is 32.1. The highest BCUT2D eigenvalue weighted by Gasteiger charge is 2.28. The minimum atomic E-state index is 0.443.